The van der Waals surface area contributed by atoms with Crippen molar-refractivity contribution in [3.63, 3.8) is 0 Å². The number of hydrogen-bond acceptors (Lipinski definition) is 2. The third kappa shape index (κ3) is 3.59. The van der Waals surface area contributed by atoms with Gasteiger partial charge < -0.3 is 9.64 Å². The van der Waals surface area contributed by atoms with Crippen molar-refractivity contribution in [1.82, 2.24) is 4.90 Å². The lowest BCUT2D eigenvalue weighted by molar-refractivity contribution is -0.130. The molecule has 2 atom stereocenters. The van der Waals surface area contributed by atoms with Gasteiger partial charge in [-0.3, -0.25) is 4.79 Å². The van der Waals surface area contributed by atoms with Gasteiger partial charge in [-0.15, -0.1) is 0 Å². The first-order chi connectivity index (χ1) is 9.00. The first kappa shape index (κ1) is 14.6. The lowest BCUT2D eigenvalue weighted by Crippen LogP contribution is -2.40. The van der Waals surface area contributed by atoms with Crippen molar-refractivity contribution in [2.75, 3.05) is 26.3 Å². The highest BCUT2D eigenvalue weighted by Gasteiger charge is 2.35. The maximum atomic E-state index is 12.1. The molecule has 0 aromatic carbocycles. The minimum absolute atomic E-state index is 0.150. The van der Waals surface area contributed by atoms with E-state index in [1.807, 2.05) is 4.90 Å². The van der Waals surface area contributed by atoms with Crippen LogP contribution in [0.25, 0.3) is 0 Å². The molecule has 0 unspecified atom stereocenters. The number of amides is 1. The Morgan fingerprint density at radius 1 is 1.32 bits per heavy atom. The molecule has 0 aromatic rings. The number of carbonyl (C=O) groups is 1. The monoisotopic (exact) mass is 265 g/mol. The molecule has 3 nitrogen and oxygen atoms in total. The van der Waals surface area contributed by atoms with E-state index in [9.17, 15) is 4.79 Å². The van der Waals surface area contributed by atoms with Crippen LogP contribution in [0.15, 0.2) is 12.2 Å². The van der Waals surface area contributed by atoms with Crippen molar-refractivity contribution in [2.24, 2.45) is 17.3 Å². The van der Waals surface area contributed by atoms with Gasteiger partial charge in [0, 0.05) is 13.1 Å². The zero-order valence-corrected chi connectivity index (χ0v) is 12.5. The molecule has 19 heavy (non-hydrogen) atoms. The molecule has 0 bridgehead atoms. The number of allylic oxidation sites excluding steroid dienone is 1. The van der Waals surface area contributed by atoms with E-state index in [-0.39, 0.29) is 5.91 Å². The summed E-state index contributed by atoms with van der Waals surface area (Å²) >= 11 is 0. The summed E-state index contributed by atoms with van der Waals surface area (Å²) in [6.07, 6.45) is 7.83. The van der Waals surface area contributed by atoms with E-state index in [2.05, 4.69) is 26.8 Å². The standard InChI is InChI=1S/C16H27NO2/c1-13-5-4-8-16(2,3)14(13)6-7-15(18)17-9-11-19-12-10-17/h6-7,13-14H,4-5,8-12H2,1-3H3/t13-,14+/m0/s1. The number of rotatable bonds is 2. The lowest BCUT2D eigenvalue weighted by atomic mass is 9.64. The van der Waals surface area contributed by atoms with Gasteiger partial charge in [0.2, 0.25) is 5.91 Å². The van der Waals surface area contributed by atoms with Crippen LogP contribution in [-0.2, 0) is 9.53 Å². The molecule has 0 radical (unpaired) electrons. The average molecular weight is 265 g/mol. The van der Waals surface area contributed by atoms with Gasteiger partial charge in [-0.05, 0) is 29.7 Å². The summed E-state index contributed by atoms with van der Waals surface area (Å²) in [5.41, 5.74) is 0.319. The normalized spacial score (nSPS) is 31.6. The molecule has 0 spiro atoms. The zero-order chi connectivity index (χ0) is 13.9. The van der Waals surface area contributed by atoms with Crippen LogP contribution in [-0.4, -0.2) is 37.1 Å². The summed E-state index contributed by atoms with van der Waals surface area (Å²) in [6.45, 7) is 9.78. The van der Waals surface area contributed by atoms with Crippen LogP contribution in [0.3, 0.4) is 0 Å². The van der Waals surface area contributed by atoms with Crippen molar-refractivity contribution in [2.45, 2.75) is 40.0 Å². The second-order valence-corrected chi connectivity index (χ2v) is 6.68. The highest BCUT2D eigenvalue weighted by molar-refractivity contribution is 5.87. The summed E-state index contributed by atoms with van der Waals surface area (Å²) in [4.78, 5) is 14.0. The van der Waals surface area contributed by atoms with Crippen LogP contribution in [0, 0.1) is 17.3 Å². The van der Waals surface area contributed by atoms with E-state index >= 15 is 0 Å². The fourth-order valence-electron chi connectivity index (χ4n) is 3.52. The van der Waals surface area contributed by atoms with Crippen LogP contribution in [0.1, 0.15) is 40.0 Å². The molecule has 2 rings (SSSR count). The highest BCUT2D eigenvalue weighted by atomic mass is 16.5. The number of morpholine rings is 1. The van der Waals surface area contributed by atoms with Crippen LogP contribution in [0.4, 0.5) is 0 Å². The Balaban J connectivity index is 1.97. The van der Waals surface area contributed by atoms with Crippen LogP contribution >= 0.6 is 0 Å². The molecule has 1 aliphatic heterocycles. The molecule has 3 heteroatoms. The Kier molecular flexibility index (Phi) is 4.67. The molecule has 0 N–H and O–H groups in total. The minimum Gasteiger partial charge on any atom is -0.378 e. The first-order valence-electron chi connectivity index (χ1n) is 7.55. The third-order valence-electron chi connectivity index (χ3n) is 4.76. The zero-order valence-electron chi connectivity index (χ0n) is 12.5. The topological polar surface area (TPSA) is 29.5 Å². The predicted molar refractivity (Wildman–Crippen MR) is 76.8 cm³/mol. The second kappa shape index (κ2) is 6.08. The van der Waals surface area contributed by atoms with Gasteiger partial charge in [0.15, 0.2) is 0 Å². The van der Waals surface area contributed by atoms with Crippen molar-refractivity contribution < 1.29 is 9.53 Å². The summed E-state index contributed by atoms with van der Waals surface area (Å²) < 4.78 is 5.28. The maximum Gasteiger partial charge on any atom is 0.246 e. The number of hydrogen-bond donors (Lipinski definition) is 0. The Labute approximate surface area is 117 Å². The lowest BCUT2D eigenvalue weighted by Gasteiger charge is -2.41. The SMILES string of the molecule is C[C@H]1CCCC(C)(C)[C@@H]1C=CC(=O)N1CCOCC1. The molecule has 1 saturated heterocycles. The number of carbonyl (C=O) groups excluding carboxylic acids is 1. The van der Waals surface area contributed by atoms with E-state index in [0.717, 1.165) is 13.1 Å². The molecule has 1 saturated carbocycles. The van der Waals surface area contributed by atoms with Gasteiger partial charge in [-0.25, -0.2) is 0 Å². The molecular formula is C16H27NO2. The van der Waals surface area contributed by atoms with Crippen molar-refractivity contribution >= 4 is 5.91 Å². The van der Waals surface area contributed by atoms with E-state index < -0.39 is 0 Å². The van der Waals surface area contributed by atoms with E-state index in [1.165, 1.54) is 19.3 Å². The van der Waals surface area contributed by atoms with E-state index in [0.29, 0.717) is 30.5 Å². The summed E-state index contributed by atoms with van der Waals surface area (Å²) in [5, 5.41) is 0. The third-order valence-corrected chi connectivity index (χ3v) is 4.76. The molecule has 1 heterocycles. The number of ether oxygens (including phenoxy) is 1. The van der Waals surface area contributed by atoms with Crippen LogP contribution in [0.2, 0.25) is 0 Å². The fraction of sp³-hybridized carbons (Fsp3) is 0.812. The van der Waals surface area contributed by atoms with Gasteiger partial charge in [0.05, 0.1) is 13.2 Å². The van der Waals surface area contributed by atoms with E-state index in [1.54, 1.807) is 6.08 Å². The largest absolute Gasteiger partial charge is 0.378 e. The van der Waals surface area contributed by atoms with Gasteiger partial charge in [-0.1, -0.05) is 39.7 Å². The Morgan fingerprint density at radius 3 is 2.63 bits per heavy atom. The van der Waals surface area contributed by atoms with Gasteiger partial charge in [-0.2, -0.15) is 0 Å². The summed E-state index contributed by atoms with van der Waals surface area (Å²) in [6, 6.07) is 0. The molecule has 2 fully saturated rings. The molecule has 1 aliphatic carbocycles. The summed E-state index contributed by atoms with van der Waals surface area (Å²) in [7, 11) is 0. The van der Waals surface area contributed by atoms with Crippen molar-refractivity contribution in [3.05, 3.63) is 12.2 Å². The smallest absolute Gasteiger partial charge is 0.246 e. The fourth-order valence-corrected chi connectivity index (χ4v) is 3.52. The molecule has 0 aromatic heterocycles. The number of nitrogens with zero attached hydrogens (tertiary/aromatic N) is 1. The summed E-state index contributed by atoms with van der Waals surface area (Å²) in [5.74, 6) is 1.35. The van der Waals surface area contributed by atoms with E-state index in [4.69, 9.17) is 4.74 Å². The molecule has 108 valence electrons. The Bertz CT molecular complexity index is 343. The Hall–Kier alpha value is -0.830. The van der Waals surface area contributed by atoms with Gasteiger partial charge in [0.1, 0.15) is 0 Å². The first-order valence-corrected chi connectivity index (χ1v) is 7.55. The molecule has 2 aliphatic rings. The van der Waals surface area contributed by atoms with Crippen LogP contribution in [0.5, 0.6) is 0 Å². The average Bonchev–Trinajstić information content (AvgIpc) is 2.38. The highest BCUT2D eigenvalue weighted by Crippen LogP contribution is 2.44. The van der Waals surface area contributed by atoms with Crippen molar-refractivity contribution in [3.8, 4) is 0 Å². The van der Waals surface area contributed by atoms with Crippen LogP contribution < -0.4 is 0 Å². The minimum atomic E-state index is 0.150. The quantitative estimate of drug-likeness (QED) is 0.719. The van der Waals surface area contributed by atoms with Gasteiger partial charge in [0.25, 0.3) is 0 Å². The Morgan fingerprint density at radius 2 is 2.00 bits per heavy atom. The second-order valence-electron chi connectivity index (χ2n) is 6.68. The van der Waals surface area contributed by atoms with Gasteiger partial charge >= 0.3 is 0 Å². The predicted octanol–water partition coefficient (Wildman–Crippen LogP) is 2.86. The van der Waals surface area contributed by atoms with Crippen molar-refractivity contribution in [1.29, 1.82) is 0 Å². The molecular weight excluding hydrogens is 238 g/mol. The maximum absolute atomic E-state index is 12.1. The molecule has 1 amide bonds.